The van der Waals surface area contributed by atoms with Gasteiger partial charge in [0.1, 0.15) is 11.9 Å². The first-order chi connectivity index (χ1) is 16.0. The molecule has 0 saturated carbocycles. The van der Waals surface area contributed by atoms with Crippen molar-refractivity contribution in [1.82, 2.24) is 5.32 Å². The van der Waals surface area contributed by atoms with Crippen LogP contribution in [0.3, 0.4) is 0 Å². The molecule has 1 aliphatic rings. The summed E-state index contributed by atoms with van der Waals surface area (Å²) >= 11 is 0. The monoisotopic (exact) mass is 472 g/mol. The summed E-state index contributed by atoms with van der Waals surface area (Å²) in [5.74, 6) is -2.05. The van der Waals surface area contributed by atoms with Crippen LogP contribution >= 0.6 is 0 Å². The Morgan fingerprint density at radius 2 is 1.74 bits per heavy atom. The summed E-state index contributed by atoms with van der Waals surface area (Å²) in [6.45, 7) is 3.05. The summed E-state index contributed by atoms with van der Waals surface area (Å²) in [6.07, 6.45) is -1.13. The van der Waals surface area contributed by atoms with Crippen LogP contribution in [0.15, 0.2) is 47.5 Å². The lowest BCUT2D eigenvalue weighted by molar-refractivity contribution is -0.119. The van der Waals surface area contributed by atoms with E-state index in [4.69, 9.17) is 16.2 Å². The molecule has 11 nitrogen and oxygen atoms in total. The average molecular weight is 472 g/mol. The molecule has 1 aliphatic heterocycles. The maximum absolute atomic E-state index is 14.7. The molecule has 1 saturated heterocycles. The zero-order valence-electron chi connectivity index (χ0n) is 18.6. The van der Waals surface area contributed by atoms with Gasteiger partial charge in [0.05, 0.1) is 18.8 Å². The number of nitrogens with one attached hydrogen (secondary N) is 1. The van der Waals surface area contributed by atoms with Crippen molar-refractivity contribution in [3.8, 4) is 11.1 Å². The number of aliphatic imine (C=N–C) groups is 1. The summed E-state index contributed by atoms with van der Waals surface area (Å²) in [4.78, 5) is 48.9. The van der Waals surface area contributed by atoms with Crippen LogP contribution in [0.5, 0.6) is 0 Å². The number of cyclic esters (lactones) is 1. The van der Waals surface area contributed by atoms with Gasteiger partial charge in [0.2, 0.25) is 11.8 Å². The molecule has 1 heterocycles. The maximum atomic E-state index is 14.7. The van der Waals surface area contributed by atoms with Gasteiger partial charge in [0, 0.05) is 25.0 Å². The fourth-order valence-electron chi connectivity index (χ4n) is 2.98. The Bertz CT molecular complexity index is 1110. The number of primary amides is 1. The van der Waals surface area contributed by atoms with Crippen molar-refractivity contribution < 1.29 is 28.3 Å². The van der Waals surface area contributed by atoms with Gasteiger partial charge in [0.15, 0.2) is 5.96 Å². The summed E-state index contributed by atoms with van der Waals surface area (Å²) < 4.78 is 19.9. The largest absolute Gasteiger partial charge is 0.442 e. The number of anilines is 1. The summed E-state index contributed by atoms with van der Waals surface area (Å²) in [5, 5.41) is 2.58. The van der Waals surface area contributed by atoms with Gasteiger partial charge < -0.3 is 27.3 Å². The molecule has 0 aliphatic carbocycles. The van der Waals surface area contributed by atoms with Crippen LogP contribution in [-0.2, 0) is 14.3 Å². The van der Waals surface area contributed by atoms with E-state index in [2.05, 4.69) is 16.0 Å². The number of ether oxygens (including phenoxy) is 1. The van der Waals surface area contributed by atoms with E-state index < -0.39 is 23.9 Å². The predicted molar refractivity (Wildman–Crippen MR) is 123 cm³/mol. The highest BCUT2D eigenvalue weighted by Gasteiger charge is 2.32. The molecule has 34 heavy (non-hydrogen) atoms. The van der Waals surface area contributed by atoms with Crippen LogP contribution < -0.4 is 27.4 Å². The van der Waals surface area contributed by atoms with Crippen LogP contribution in [0.4, 0.5) is 14.9 Å². The first kappa shape index (κ1) is 25.8. The fraction of sp³-hybridized carbons (Fsp3) is 0.227. The number of nitrogens with two attached hydrogens (primary N) is 3. The first-order valence-corrected chi connectivity index (χ1v) is 10.0. The summed E-state index contributed by atoms with van der Waals surface area (Å²) in [7, 11) is 0. The van der Waals surface area contributed by atoms with Crippen molar-refractivity contribution in [3.05, 3.63) is 53.8 Å². The van der Waals surface area contributed by atoms with Gasteiger partial charge >= 0.3 is 6.09 Å². The van der Waals surface area contributed by atoms with E-state index in [9.17, 15) is 23.6 Å². The topological polar surface area (TPSA) is 183 Å². The van der Waals surface area contributed by atoms with Crippen molar-refractivity contribution in [2.24, 2.45) is 22.2 Å². The lowest BCUT2D eigenvalue weighted by Crippen LogP contribution is -2.33. The highest BCUT2D eigenvalue weighted by Crippen LogP contribution is 2.29. The first-order valence-electron chi connectivity index (χ1n) is 10.0. The second-order valence-electron chi connectivity index (χ2n) is 7.25. The molecule has 2 aromatic rings. The number of amides is 4. The van der Waals surface area contributed by atoms with Crippen LogP contribution in [0.1, 0.15) is 24.2 Å². The van der Waals surface area contributed by atoms with Crippen molar-refractivity contribution >= 4 is 35.5 Å². The van der Waals surface area contributed by atoms with E-state index >= 15 is 0 Å². The normalized spacial score (nSPS) is 14.4. The average Bonchev–Trinajstić information content (AvgIpc) is 3.12. The molecule has 2 aromatic carbocycles. The third-order valence-electron chi connectivity index (χ3n) is 4.39. The third-order valence-corrected chi connectivity index (χ3v) is 4.39. The Morgan fingerprint density at radius 3 is 2.26 bits per heavy atom. The number of rotatable bonds is 5. The van der Waals surface area contributed by atoms with Crippen molar-refractivity contribution in [3.63, 3.8) is 0 Å². The molecular weight excluding hydrogens is 447 g/mol. The number of hydrogen-bond donors (Lipinski definition) is 4. The molecule has 0 spiro atoms. The summed E-state index contributed by atoms with van der Waals surface area (Å²) in [6, 6.07) is 10.5. The molecule has 0 aromatic heterocycles. The van der Waals surface area contributed by atoms with Gasteiger partial charge in [-0.3, -0.25) is 19.3 Å². The third kappa shape index (κ3) is 7.29. The zero-order chi connectivity index (χ0) is 25.4. The second-order valence-corrected chi connectivity index (χ2v) is 7.25. The minimum atomic E-state index is -0.611. The highest BCUT2D eigenvalue weighted by molar-refractivity contribution is 6.02. The highest BCUT2D eigenvalue weighted by atomic mass is 19.1. The maximum Gasteiger partial charge on any atom is 0.414 e. The fourth-order valence-corrected chi connectivity index (χ4v) is 2.98. The predicted octanol–water partition coefficient (Wildman–Crippen LogP) is 0.859. The van der Waals surface area contributed by atoms with Gasteiger partial charge in [0.25, 0.3) is 5.91 Å². The number of nitrogens with zero attached hydrogens (tertiary/aromatic N) is 2. The van der Waals surface area contributed by atoms with E-state index in [1.807, 2.05) is 0 Å². The number of carbonyl (C=O) groups is 4. The van der Waals surface area contributed by atoms with E-state index in [0.717, 1.165) is 0 Å². The Kier molecular flexibility index (Phi) is 8.65. The van der Waals surface area contributed by atoms with Crippen molar-refractivity contribution in [1.29, 1.82) is 0 Å². The van der Waals surface area contributed by atoms with Gasteiger partial charge in [-0.1, -0.05) is 12.1 Å². The van der Waals surface area contributed by atoms with E-state index in [-0.39, 0.29) is 36.4 Å². The number of benzene rings is 2. The van der Waals surface area contributed by atoms with Gasteiger partial charge in [-0.15, -0.1) is 0 Å². The van der Waals surface area contributed by atoms with Crippen LogP contribution in [-0.4, -0.2) is 49.0 Å². The molecular formula is C22H25FN6O5. The summed E-state index contributed by atoms with van der Waals surface area (Å²) in [5.41, 5.74) is 16.3. The van der Waals surface area contributed by atoms with Gasteiger partial charge in [-0.2, -0.15) is 4.99 Å². The zero-order valence-corrected chi connectivity index (χ0v) is 18.6. The number of carbonyl (C=O) groups excluding carboxylic acids is 4. The van der Waals surface area contributed by atoms with E-state index in [1.54, 1.807) is 18.2 Å². The Morgan fingerprint density at radius 1 is 1.12 bits per heavy atom. The molecule has 7 N–H and O–H groups in total. The number of hydrogen-bond acceptors (Lipinski definition) is 5. The molecule has 180 valence electrons. The molecule has 3 rings (SSSR count). The van der Waals surface area contributed by atoms with Crippen molar-refractivity contribution in [2.75, 3.05) is 18.0 Å². The Labute approximate surface area is 194 Å². The molecule has 0 bridgehead atoms. The van der Waals surface area contributed by atoms with E-state index in [1.165, 1.54) is 43.0 Å². The van der Waals surface area contributed by atoms with Gasteiger partial charge in [-0.05, 0) is 35.9 Å². The van der Waals surface area contributed by atoms with Crippen LogP contribution in [0.2, 0.25) is 0 Å². The molecule has 12 heteroatoms. The standard InChI is InChI=1S/C20H20FN5O4.C2H5NO/c1-11(27)24-9-15-10-26(20(29)30-15)14-6-7-16(17(21)8-14)12-2-4-13(5-3-12)18(28)25-19(22)23;1-2(3)4/h2-8,15H,9-10H2,1H3,(H,24,27)(H4,22,23,25,28);1H3,(H2,3,4)/t15-;/m0./s1. The smallest absolute Gasteiger partial charge is 0.414 e. The number of guanidine groups is 1. The second kappa shape index (κ2) is 11.4. The minimum absolute atomic E-state index is 0.184. The molecule has 0 radical (unpaired) electrons. The lowest BCUT2D eigenvalue weighted by atomic mass is 10.0. The molecule has 0 unspecified atom stereocenters. The molecule has 1 fully saturated rings. The van der Waals surface area contributed by atoms with Crippen LogP contribution in [0.25, 0.3) is 11.1 Å². The van der Waals surface area contributed by atoms with E-state index in [0.29, 0.717) is 16.8 Å². The van der Waals surface area contributed by atoms with Gasteiger partial charge in [-0.25, -0.2) is 9.18 Å². The quantitative estimate of drug-likeness (QED) is 0.367. The molecule has 1 atom stereocenters. The van der Waals surface area contributed by atoms with Crippen LogP contribution in [0, 0.1) is 5.82 Å². The lowest BCUT2D eigenvalue weighted by Gasteiger charge is -2.14. The SMILES string of the molecule is CC(=O)NC[C@H]1CN(c2ccc(-c3ccc(C(=O)N=C(N)N)cc3)c(F)c2)C(=O)O1.CC(N)=O. The molecule has 4 amide bonds. The Balaban J connectivity index is 0.000000945. The minimum Gasteiger partial charge on any atom is -0.442 e. The Hall–Kier alpha value is -4.48. The number of halogens is 1. The van der Waals surface area contributed by atoms with Crippen molar-refractivity contribution in [2.45, 2.75) is 20.0 Å².